The van der Waals surface area contributed by atoms with Crippen molar-refractivity contribution in [3.8, 4) is 0 Å². The third-order valence-corrected chi connectivity index (χ3v) is 20.9. The summed E-state index contributed by atoms with van der Waals surface area (Å²) >= 11 is 0. The summed E-state index contributed by atoms with van der Waals surface area (Å²) in [5.74, 6) is -0.625. The molecule has 0 amide bonds. The zero-order valence-electron chi connectivity index (χ0n) is 65.5. The van der Waals surface area contributed by atoms with E-state index in [9.17, 15) is 43.2 Å². The molecule has 0 fully saturated rings. The fourth-order valence-corrected chi connectivity index (χ4v) is 14.1. The first-order valence-electron chi connectivity index (χ1n) is 42.0. The van der Waals surface area contributed by atoms with E-state index in [4.69, 9.17) is 37.0 Å². The second-order valence-electron chi connectivity index (χ2n) is 30.1. The minimum absolute atomic E-state index is 0.106. The molecule has 2 unspecified atom stereocenters. The van der Waals surface area contributed by atoms with Gasteiger partial charge in [-0.15, -0.1) is 0 Å². The Hall–Kier alpha value is -1.94. The summed E-state index contributed by atoms with van der Waals surface area (Å²) in [6.07, 6.45) is 62.7. The summed E-state index contributed by atoms with van der Waals surface area (Å²) in [4.78, 5) is 72.9. The van der Waals surface area contributed by atoms with Crippen LogP contribution in [0.5, 0.6) is 0 Å². The Labute approximate surface area is 613 Å². The smallest absolute Gasteiger partial charge is 0.462 e. The van der Waals surface area contributed by atoms with Gasteiger partial charge in [-0.05, 0) is 37.5 Å². The molecule has 0 aliphatic carbocycles. The highest BCUT2D eigenvalue weighted by atomic mass is 31.2. The highest BCUT2D eigenvalue weighted by molar-refractivity contribution is 7.47. The van der Waals surface area contributed by atoms with Gasteiger partial charge in [0.15, 0.2) is 12.2 Å². The summed E-state index contributed by atoms with van der Waals surface area (Å²) in [5, 5.41) is 10.6. The zero-order chi connectivity index (χ0) is 73.5. The number of hydrogen-bond donors (Lipinski definition) is 3. The minimum atomic E-state index is -4.96. The number of carbonyl (C=O) groups excluding carboxylic acids is 4. The number of hydrogen-bond acceptors (Lipinski definition) is 15. The van der Waals surface area contributed by atoms with Crippen molar-refractivity contribution >= 4 is 39.5 Å². The molecule has 0 saturated carbocycles. The van der Waals surface area contributed by atoms with Crippen molar-refractivity contribution in [3.63, 3.8) is 0 Å². The molecule has 17 nitrogen and oxygen atoms in total. The second kappa shape index (κ2) is 72.6. The molecule has 0 aromatic rings. The van der Waals surface area contributed by atoms with E-state index in [1.54, 1.807) is 0 Å². The summed E-state index contributed by atoms with van der Waals surface area (Å²) in [7, 11) is -9.92. The Morgan fingerprint density at radius 3 is 0.680 bits per heavy atom. The molecule has 5 atom stereocenters. The largest absolute Gasteiger partial charge is 0.472 e. The molecule has 3 N–H and O–H groups in total. The number of esters is 4. The van der Waals surface area contributed by atoms with Crippen LogP contribution in [0.1, 0.15) is 427 Å². The van der Waals surface area contributed by atoms with Crippen molar-refractivity contribution in [1.82, 2.24) is 0 Å². The number of aliphatic hydroxyl groups excluding tert-OH is 1. The van der Waals surface area contributed by atoms with E-state index >= 15 is 0 Å². The first-order valence-corrected chi connectivity index (χ1v) is 45.0. The molecule has 0 aromatic heterocycles. The molecule has 0 aliphatic heterocycles. The van der Waals surface area contributed by atoms with Gasteiger partial charge in [-0.25, -0.2) is 9.13 Å². The molecule has 0 spiro atoms. The van der Waals surface area contributed by atoms with E-state index in [0.717, 1.165) is 102 Å². The first-order chi connectivity index (χ1) is 48.4. The fourth-order valence-electron chi connectivity index (χ4n) is 12.5. The molecule has 100 heavy (non-hydrogen) atoms. The van der Waals surface area contributed by atoms with Crippen molar-refractivity contribution in [1.29, 1.82) is 0 Å². The van der Waals surface area contributed by atoms with Crippen LogP contribution in [0.15, 0.2) is 0 Å². The molecular formula is C81H158O17P2. The van der Waals surface area contributed by atoms with Gasteiger partial charge in [0.2, 0.25) is 0 Å². The molecule has 0 aliphatic rings. The lowest BCUT2D eigenvalue weighted by molar-refractivity contribution is -0.161. The van der Waals surface area contributed by atoms with Crippen molar-refractivity contribution < 1.29 is 80.2 Å². The first kappa shape index (κ1) is 98.1. The van der Waals surface area contributed by atoms with Gasteiger partial charge in [0.1, 0.15) is 19.3 Å². The van der Waals surface area contributed by atoms with Gasteiger partial charge in [-0.2, -0.15) is 0 Å². The van der Waals surface area contributed by atoms with Crippen LogP contribution in [-0.2, 0) is 65.4 Å². The molecule has 0 heterocycles. The van der Waals surface area contributed by atoms with Gasteiger partial charge in [-0.3, -0.25) is 37.3 Å². The quantitative estimate of drug-likeness (QED) is 0.0222. The number of unbranched alkanes of at least 4 members (excludes halogenated alkanes) is 50. The zero-order valence-corrected chi connectivity index (χ0v) is 67.3. The normalized spacial score (nSPS) is 13.9. The number of phosphoric ester groups is 2. The molecule has 19 heteroatoms. The lowest BCUT2D eigenvalue weighted by atomic mass is 10.0. The highest BCUT2D eigenvalue weighted by Gasteiger charge is 2.30. The number of ether oxygens (including phenoxy) is 4. The van der Waals surface area contributed by atoms with Crippen LogP contribution in [0.4, 0.5) is 0 Å². The van der Waals surface area contributed by atoms with Gasteiger partial charge >= 0.3 is 39.5 Å². The molecule has 0 saturated heterocycles. The van der Waals surface area contributed by atoms with Crippen LogP contribution in [0, 0.1) is 11.8 Å². The third-order valence-electron chi connectivity index (χ3n) is 19.0. The van der Waals surface area contributed by atoms with E-state index in [1.165, 1.54) is 238 Å². The Kier molecular flexibility index (Phi) is 71.2. The average molecular weight is 1470 g/mol. The lowest BCUT2D eigenvalue weighted by Crippen LogP contribution is -2.30. The van der Waals surface area contributed by atoms with Gasteiger partial charge in [0.25, 0.3) is 0 Å². The maximum Gasteiger partial charge on any atom is 0.472 e. The van der Waals surface area contributed by atoms with Gasteiger partial charge < -0.3 is 33.8 Å². The van der Waals surface area contributed by atoms with Crippen LogP contribution in [0.3, 0.4) is 0 Å². The van der Waals surface area contributed by atoms with Crippen LogP contribution in [0.2, 0.25) is 0 Å². The topological polar surface area (TPSA) is 237 Å². The van der Waals surface area contributed by atoms with Crippen molar-refractivity contribution in [2.45, 2.75) is 445 Å². The lowest BCUT2D eigenvalue weighted by Gasteiger charge is -2.21. The minimum Gasteiger partial charge on any atom is -0.462 e. The number of rotatable bonds is 80. The summed E-state index contributed by atoms with van der Waals surface area (Å²) in [6, 6.07) is 0. The Morgan fingerprint density at radius 1 is 0.270 bits per heavy atom. The predicted molar refractivity (Wildman–Crippen MR) is 409 cm³/mol. The summed E-state index contributed by atoms with van der Waals surface area (Å²) < 4.78 is 68.6. The molecule has 0 bridgehead atoms. The SMILES string of the molecule is CCCCCCCCCCCCCCCCCCCCCCCC(=O)O[C@H](COC(=O)CCCCCCCCCCCCCCCCCC(C)C)COP(=O)(O)OC[C@@H](O)COP(=O)(O)OC[C@@H](COC(=O)CCCCCCCCC(C)C)OC(=O)CCCCCCCCCCCCCC. The van der Waals surface area contributed by atoms with Gasteiger partial charge in [-0.1, -0.05) is 375 Å². The number of phosphoric acid groups is 2. The molecule has 0 rings (SSSR count). The summed E-state index contributed by atoms with van der Waals surface area (Å²) in [6.45, 7) is 9.57. The van der Waals surface area contributed by atoms with E-state index in [1.807, 2.05) is 0 Å². The van der Waals surface area contributed by atoms with Crippen molar-refractivity contribution in [2.75, 3.05) is 39.6 Å². The van der Waals surface area contributed by atoms with Gasteiger partial charge in [0, 0.05) is 25.7 Å². The fraction of sp³-hybridized carbons (Fsp3) is 0.951. The van der Waals surface area contributed by atoms with E-state index in [-0.39, 0.29) is 25.7 Å². The van der Waals surface area contributed by atoms with Crippen LogP contribution in [0.25, 0.3) is 0 Å². The monoisotopic (exact) mass is 1470 g/mol. The predicted octanol–water partition coefficient (Wildman–Crippen LogP) is 24.3. The summed E-state index contributed by atoms with van der Waals surface area (Å²) in [5.41, 5.74) is 0. The molecule has 594 valence electrons. The number of aliphatic hydroxyl groups is 1. The third kappa shape index (κ3) is 74.3. The van der Waals surface area contributed by atoms with Crippen LogP contribution < -0.4 is 0 Å². The van der Waals surface area contributed by atoms with E-state index in [2.05, 4.69) is 41.5 Å². The average Bonchev–Trinajstić information content (AvgIpc) is 0.929. The highest BCUT2D eigenvalue weighted by Crippen LogP contribution is 2.45. The maximum atomic E-state index is 13.1. The van der Waals surface area contributed by atoms with Crippen molar-refractivity contribution in [2.24, 2.45) is 11.8 Å². The molecule has 0 radical (unpaired) electrons. The molecule has 0 aromatic carbocycles. The van der Waals surface area contributed by atoms with E-state index in [0.29, 0.717) is 31.6 Å². The number of carbonyl (C=O) groups is 4. The Morgan fingerprint density at radius 2 is 0.460 bits per heavy atom. The van der Waals surface area contributed by atoms with E-state index < -0.39 is 97.5 Å². The standard InChI is InChI=1S/C81H158O17P2/c1-7-9-11-13-15-17-19-21-22-23-24-25-26-27-30-34-38-42-46-54-60-66-81(86)97-76(69-91-78(83)63-57-51-44-40-37-33-31-28-29-32-35-39-43-49-55-61-73(3)4)71-95-99(87,88)93-67-75(82)68-94-100(89,90)96-72-77(70-92-79(84)64-58-52-48-47-50-56-62-74(5)6)98-80(85)65-59-53-45-41-36-20-18-16-14-12-10-8-2/h73-77,82H,7-72H2,1-6H3,(H,87,88)(H,89,90)/t75-,76-,77-/m1/s1. The van der Waals surface area contributed by atoms with Gasteiger partial charge in [0.05, 0.1) is 26.4 Å². The molecular weight excluding hydrogens is 1310 g/mol. The van der Waals surface area contributed by atoms with Crippen LogP contribution in [-0.4, -0.2) is 96.7 Å². The maximum absolute atomic E-state index is 13.1. The Bertz CT molecular complexity index is 1920. The van der Waals surface area contributed by atoms with Crippen LogP contribution >= 0.6 is 15.6 Å². The van der Waals surface area contributed by atoms with Crippen molar-refractivity contribution in [3.05, 3.63) is 0 Å². The second-order valence-corrected chi connectivity index (χ2v) is 33.0. The Balaban J connectivity index is 5.20.